The minimum atomic E-state index is -4.47. The number of halogens is 3. The second-order valence-corrected chi connectivity index (χ2v) is 6.32. The van der Waals surface area contributed by atoms with Crippen molar-refractivity contribution >= 4 is 24.1 Å². The quantitative estimate of drug-likeness (QED) is 0.523. The molecule has 0 spiro atoms. The minimum Gasteiger partial charge on any atom is -0.378 e. The Labute approximate surface area is 158 Å². The van der Waals surface area contributed by atoms with Crippen LogP contribution < -0.4 is 4.90 Å². The third kappa shape index (κ3) is 4.08. The van der Waals surface area contributed by atoms with Gasteiger partial charge in [-0.15, -0.1) is 0 Å². The van der Waals surface area contributed by atoms with E-state index in [1.165, 1.54) is 22.9 Å². The van der Waals surface area contributed by atoms with E-state index in [0.717, 1.165) is 23.5 Å². The van der Waals surface area contributed by atoms with Crippen LogP contribution in [-0.4, -0.2) is 35.2 Å². The molecule has 140 valence electrons. The van der Waals surface area contributed by atoms with Crippen molar-refractivity contribution in [3.63, 3.8) is 0 Å². The molecule has 0 aliphatic heterocycles. The van der Waals surface area contributed by atoms with Crippen LogP contribution in [0.5, 0.6) is 0 Å². The highest BCUT2D eigenvalue weighted by Crippen LogP contribution is 2.31. The van der Waals surface area contributed by atoms with Crippen LogP contribution in [0.15, 0.2) is 53.6 Å². The summed E-state index contributed by atoms with van der Waals surface area (Å²) in [5.41, 5.74) is 0.916. The fraction of sp³-hybridized carbons (Fsp3) is 0.167. The summed E-state index contributed by atoms with van der Waals surface area (Å²) in [5.74, 6) is 0.408. The van der Waals surface area contributed by atoms with E-state index in [9.17, 15) is 13.2 Å². The summed E-state index contributed by atoms with van der Waals surface area (Å²) in [5, 5.41) is 10.9. The maximum absolute atomic E-state index is 13.1. The van der Waals surface area contributed by atoms with Crippen molar-refractivity contribution in [3.05, 3.63) is 64.4 Å². The first-order chi connectivity index (χ1) is 12.8. The molecule has 0 fully saturated rings. The second-order valence-electron chi connectivity index (χ2n) is 5.94. The fourth-order valence-electron chi connectivity index (χ4n) is 2.48. The van der Waals surface area contributed by atoms with Gasteiger partial charge in [0.1, 0.15) is 0 Å². The third-order valence-electron chi connectivity index (χ3n) is 3.87. The SMILES string of the molecule is CN(C)c1ccc(-c2n[nH]c(=S)n2/N=C\c2ccccc2C(F)(F)F)cc1. The number of aromatic amines is 1. The van der Waals surface area contributed by atoms with Crippen LogP contribution in [0.3, 0.4) is 0 Å². The largest absolute Gasteiger partial charge is 0.417 e. The van der Waals surface area contributed by atoms with E-state index in [1.807, 2.05) is 43.3 Å². The Kier molecular flexibility index (Phi) is 5.13. The maximum atomic E-state index is 13.1. The summed E-state index contributed by atoms with van der Waals surface area (Å²) in [6.45, 7) is 0. The average molecular weight is 391 g/mol. The highest BCUT2D eigenvalue weighted by atomic mass is 32.1. The number of H-pyrrole nitrogens is 1. The first-order valence-electron chi connectivity index (χ1n) is 7.93. The number of nitrogens with zero attached hydrogens (tertiary/aromatic N) is 4. The number of benzene rings is 2. The van der Waals surface area contributed by atoms with Gasteiger partial charge in [-0.1, -0.05) is 18.2 Å². The number of rotatable bonds is 4. The Morgan fingerprint density at radius 1 is 1.11 bits per heavy atom. The highest BCUT2D eigenvalue weighted by Gasteiger charge is 2.32. The molecule has 0 aliphatic rings. The Bertz CT molecular complexity index is 1020. The zero-order valence-electron chi connectivity index (χ0n) is 14.5. The molecule has 2 aromatic carbocycles. The van der Waals surface area contributed by atoms with E-state index < -0.39 is 11.7 Å². The standard InChI is InChI=1S/C18H16F3N5S/c1-25(2)14-9-7-12(8-10-14)16-23-24-17(27)26(16)22-11-13-5-3-4-6-15(13)18(19,20)21/h3-11H,1-2H3,(H,24,27)/b22-11-. The van der Waals surface area contributed by atoms with Crippen molar-refractivity contribution in [2.24, 2.45) is 5.10 Å². The van der Waals surface area contributed by atoms with Crippen molar-refractivity contribution in [2.75, 3.05) is 19.0 Å². The predicted molar refractivity (Wildman–Crippen MR) is 102 cm³/mol. The van der Waals surface area contributed by atoms with Crippen molar-refractivity contribution in [1.29, 1.82) is 0 Å². The molecule has 1 N–H and O–H groups in total. The highest BCUT2D eigenvalue weighted by molar-refractivity contribution is 7.71. The Balaban J connectivity index is 1.99. The van der Waals surface area contributed by atoms with Crippen molar-refractivity contribution < 1.29 is 13.2 Å². The molecular formula is C18H16F3N5S. The van der Waals surface area contributed by atoms with Gasteiger partial charge in [0.2, 0.25) is 4.77 Å². The van der Waals surface area contributed by atoms with Crippen molar-refractivity contribution in [2.45, 2.75) is 6.18 Å². The van der Waals surface area contributed by atoms with Crippen LogP contribution in [0.1, 0.15) is 11.1 Å². The van der Waals surface area contributed by atoms with Gasteiger partial charge in [0.05, 0.1) is 11.8 Å². The molecule has 3 rings (SSSR count). The first-order valence-corrected chi connectivity index (χ1v) is 8.34. The molecule has 0 unspecified atom stereocenters. The zero-order chi connectivity index (χ0) is 19.6. The molecule has 0 saturated carbocycles. The Morgan fingerprint density at radius 3 is 2.41 bits per heavy atom. The molecule has 3 aromatic rings. The van der Waals surface area contributed by atoms with Gasteiger partial charge in [-0.05, 0) is 42.5 Å². The number of alkyl halides is 3. The van der Waals surface area contributed by atoms with Crippen LogP contribution in [0, 0.1) is 4.77 Å². The lowest BCUT2D eigenvalue weighted by Gasteiger charge is -2.12. The van der Waals surface area contributed by atoms with E-state index in [1.54, 1.807) is 0 Å². The molecule has 0 amide bonds. The van der Waals surface area contributed by atoms with E-state index in [4.69, 9.17) is 12.2 Å². The number of hydrogen-bond acceptors (Lipinski definition) is 4. The smallest absolute Gasteiger partial charge is 0.378 e. The van der Waals surface area contributed by atoms with Crippen LogP contribution in [0.4, 0.5) is 18.9 Å². The Hall–Kier alpha value is -2.94. The lowest BCUT2D eigenvalue weighted by Crippen LogP contribution is -2.09. The zero-order valence-corrected chi connectivity index (χ0v) is 15.3. The normalized spacial score (nSPS) is 11.9. The van der Waals surface area contributed by atoms with Crippen LogP contribution >= 0.6 is 12.2 Å². The topological polar surface area (TPSA) is 49.2 Å². The summed E-state index contributed by atoms with van der Waals surface area (Å²) in [6, 6.07) is 12.7. The molecule has 9 heteroatoms. The van der Waals surface area contributed by atoms with Crippen LogP contribution in [0.2, 0.25) is 0 Å². The third-order valence-corrected chi connectivity index (χ3v) is 4.14. The molecule has 0 bridgehead atoms. The van der Waals surface area contributed by atoms with E-state index in [0.29, 0.717) is 5.82 Å². The molecule has 0 saturated heterocycles. The van der Waals surface area contributed by atoms with Gasteiger partial charge < -0.3 is 4.90 Å². The molecule has 5 nitrogen and oxygen atoms in total. The van der Waals surface area contributed by atoms with Crippen LogP contribution in [-0.2, 0) is 6.18 Å². The molecule has 1 aromatic heterocycles. The minimum absolute atomic E-state index is 0.0537. The average Bonchev–Trinajstić information content (AvgIpc) is 3.00. The molecule has 0 atom stereocenters. The van der Waals surface area contributed by atoms with E-state index in [2.05, 4.69) is 15.3 Å². The lowest BCUT2D eigenvalue weighted by atomic mass is 10.1. The summed E-state index contributed by atoms with van der Waals surface area (Å²) in [6.07, 6.45) is -3.34. The molecule has 1 heterocycles. The van der Waals surface area contributed by atoms with E-state index in [-0.39, 0.29) is 10.3 Å². The first kappa shape index (κ1) is 18.8. The van der Waals surface area contributed by atoms with Crippen molar-refractivity contribution in [1.82, 2.24) is 14.9 Å². The number of nitrogens with one attached hydrogen (secondary N) is 1. The predicted octanol–water partition coefficient (Wildman–Crippen LogP) is 4.57. The van der Waals surface area contributed by atoms with Gasteiger partial charge in [-0.2, -0.15) is 28.0 Å². The monoisotopic (exact) mass is 391 g/mol. The van der Waals surface area contributed by atoms with Gasteiger partial charge in [-0.25, -0.2) is 5.10 Å². The summed E-state index contributed by atoms with van der Waals surface area (Å²) in [7, 11) is 3.85. The molecular weight excluding hydrogens is 375 g/mol. The number of aromatic nitrogens is 3. The van der Waals surface area contributed by atoms with E-state index >= 15 is 0 Å². The maximum Gasteiger partial charge on any atom is 0.417 e. The molecule has 0 aliphatic carbocycles. The lowest BCUT2D eigenvalue weighted by molar-refractivity contribution is -0.137. The number of anilines is 1. The van der Waals surface area contributed by atoms with Gasteiger partial charge in [0, 0.05) is 30.9 Å². The Morgan fingerprint density at radius 2 is 1.78 bits per heavy atom. The summed E-state index contributed by atoms with van der Waals surface area (Å²) in [4.78, 5) is 1.95. The van der Waals surface area contributed by atoms with Crippen molar-refractivity contribution in [3.8, 4) is 11.4 Å². The summed E-state index contributed by atoms with van der Waals surface area (Å²) >= 11 is 5.16. The van der Waals surface area contributed by atoms with Gasteiger partial charge in [0.25, 0.3) is 0 Å². The molecule has 0 radical (unpaired) electrons. The summed E-state index contributed by atoms with van der Waals surface area (Å²) < 4.78 is 40.9. The van der Waals surface area contributed by atoms with Gasteiger partial charge in [0.15, 0.2) is 5.82 Å². The fourth-order valence-corrected chi connectivity index (χ4v) is 2.66. The number of hydrogen-bond donors (Lipinski definition) is 1. The van der Waals surface area contributed by atoms with Crippen LogP contribution in [0.25, 0.3) is 11.4 Å². The second kappa shape index (κ2) is 7.36. The van der Waals surface area contributed by atoms with Gasteiger partial charge in [-0.3, -0.25) is 0 Å². The van der Waals surface area contributed by atoms with Gasteiger partial charge >= 0.3 is 6.18 Å². The molecule has 27 heavy (non-hydrogen) atoms.